The number of aryl methyl sites for hydroxylation is 1. The quantitative estimate of drug-likeness (QED) is 0.836. The van der Waals surface area contributed by atoms with E-state index in [2.05, 4.69) is 23.2 Å². The summed E-state index contributed by atoms with van der Waals surface area (Å²) in [5.41, 5.74) is 2.35. The molecule has 0 radical (unpaired) electrons. The molecule has 1 saturated carbocycles. The van der Waals surface area contributed by atoms with E-state index in [1.54, 1.807) is 0 Å². The van der Waals surface area contributed by atoms with Crippen LogP contribution in [0.15, 0.2) is 6.07 Å². The fraction of sp³-hybridized carbons (Fsp3) is 0.714. The van der Waals surface area contributed by atoms with Gasteiger partial charge in [-0.3, -0.25) is 9.89 Å². The number of nitrogens with zero attached hydrogens (tertiary/aromatic N) is 1. The van der Waals surface area contributed by atoms with Gasteiger partial charge in [0.1, 0.15) is 0 Å². The molecule has 0 unspecified atom stereocenters. The van der Waals surface area contributed by atoms with Crippen LogP contribution in [0.2, 0.25) is 0 Å². The largest absolute Gasteiger partial charge is 0.466 e. The molecule has 1 fully saturated rings. The van der Waals surface area contributed by atoms with Gasteiger partial charge in [-0.25, -0.2) is 0 Å². The highest BCUT2D eigenvalue weighted by Crippen LogP contribution is 2.35. The topological polar surface area (TPSA) is 55.0 Å². The number of carbonyl (C=O) groups is 1. The first kappa shape index (κ1) is 13.1. The van der Waals surface area contributed by atoms with Crippen LogP contribution in [0.4, 0.5) is 0 Å². The number of aromatic amines is 1. The maximum Gasteiger partial charge on any atom is 0.308 e. The fourth-order valence-corrected chi connectivity index (χ4v) is 2.65. The van der Waals surface area contributed by atoms with Crippen molar-refractivity contribution in [2.45, 2.75) is 51.9 Å². The minimum atomic E-state index is -0.0211. The maximum absolute atomic E-state index is 11.6. The van der Waals surface area contributed by atoms with Crippen LogP contribution in [0.5, 0.6) is 0 Å². The fourth-order valence-electron chi connectivity index (χ4n) is 2.65. The summed E-state index contributed by atoms with van der Waals surface area (Å²) in [6, 6.07) is 2.16. The molecular weight excluding hydrogens is 228 g/mol. The lowest BCUT2D eigenvalue weighted by Crippen LogP contribution is -2.23. The van der Waals surface area contributed by atoms with Gasteiger partial charge in [0, 0.05) is 11.6 Å². The molecule has 0 bridgehead atoms. The zero-order valence-corrected chi connectivity index (χ0v) is 11.2. The predicted octanol–water partition coefficient (Wildman–Crippen LogP) is 2.81. The molecule has 18 heavy (non-hydrogen) atoms. The average molecular weight is 250 g/mol. The van der Waals surface area contributed by atoms with E-state index in [1.165, 1.54) is 5.69 Å². The van der Waals surface area contributed by atoms with Crippen LogP contribution < -0.4 is 0 Å². The second-order valence-corrected chi connectivity index (χ2v) is 4.97. The summed E-state index contributed by atoms with van der Waals surface area (Å²) in [6.45, 7) is 4.46. The van der Waals surface area contributed by atoms with Gasteiger partial charge in [-0.2, -0.15) is 5.10 Å². The monoisotopic (exact) mass is 250 g/mol. The van der Waals surface area contributed by atoms with Crippen molar-refractivity contribution >= 4 is 5.97 Å². The third kappa shape index (κ3) is 2.92. The molecule has 1 aromatic rings. The highest BCUT2D eigenvalue weighted by atomic mass is 16.5. The molecule has 100 valence electrons. The van der Waals surface area contributed by atoms with Gasteiger partial charge in [-0.1, -0.05) is 6.92 Å². The van der Waals surface area contributed by atoms with Crippen LogP contribution in [-0.2, 0) is 16.0 Å². The Bertz CT molecular complexity index is 392. The van der Waals surface area contributed by atoms with Crippen molar-refractivity contribution in [2.75, 3.05) is 6.61 Å². The average Bonchev–Trinajstić information content (AvgIpc) is 2.88. The highest BCUT2D eigenvalue weighted by Gasteiger charge is 2.28. The van der Waals surface area contributed by atoms with Crippen LogP contribution >= 0.6 is 0 Å². The number of carbonyl (C=O) groups excluding carboxylic acids is 1. The van der Waals surface area contributed by atoms with E-state index in [1.807, 2.05) is 6.92 Å². The van der Waals surface area contributed by atoms with Gasteiger partial charge in [0.15, 0.2) is 0 Å². The van der Waals surface area contributed by atoms with Gasteiger partial charge in [0.2, 0.25) is 0 Å². The Morgan fingerprint density at radius 1 is 1.39 bits per heavy atom. The van der Waals surface area contributed by atoms with Crippen LogP contribution in [0.3, 0.4) is 0 Å². The Hall–Kier alpha value is -1.32. The summed E-state index contributed by atoms with van der Waals surface area (Å²) in [5, 5.41) is 7.44. The van der Waals surface area contributed by atoms with Crippen molar-refractivity contribution in [3.05, 3.63) is 17.5 Å². The molecule has 0 aromatic carbocycles. The first-order valence-corrected chi connectivity index (χ1v) is 6.95. The van der Waals surface area contributed by atoms with Gasteiger partial charge in [-0.15, -0.1) is 0 Å². The van der Waals surface area contributed by atoms with Gasteiger partial charge in [-0.05, 0) is 45.1 Å². The lowest BCUT2D eigenvalue weighted by molar-refractivity contribution is -0.149. The van der Waals surface area contributed by atoms with Crippen LogP contribution in [-0.4, -0.2) is 22.8 Å². The molecule has 1 aliphatic rings. The van der Waals surface area contributed by atoms with E-state index >= 15 is 0 Å². The number of aromatic nitrogens is 2. The number of hydrogen-bond acceptors (Lipinski definition) is 3. The molecule has 0 spiro atoms. The molecule has 1 aromatic heterocycles. The normalized spacial score (nSPS) is 23.9. The van der Waals surface area contributed by atoms with Crippen molar-refractivity contribution in [1.29, 1.82) is 0 Å². The zero-order chi connectivity index (χ0) is 13.0. The van der Waals surface area contributed by atoms with Crippen molar-refractivity contribution < 1.29 is 9.53 Å². The lowest BCUT2D eigenvalue weighted by atomic mass is 9.80. The Balaban J connectivity index is 1.88. The third-order valence-corrected chi connectivity index (χ3v) is 3.80. The number of rotatable bonds is 4. The molecule has 4 nitrogen and oxygen atoms in total. The van der Waals surface area contributed by atoms with E-state index in [-0.39, 0.29) is 11.9 Å². The summed E-state index contributed by atoms with van der Waals surface area (Å²) in [7, 11) is 0. The molecule has 0 amide bonds. The summed E-state index contributed by atoms with van der Waals surface area (Å²) < 4.78 is 5.08. The van der Waals surface area contributed by atoms with Crippen LogP contribution in [0.1, 0.15) is 56.8 Å². The summed E-state index contributed by atoms with van der Waals surface area (Å²) in [4.78, 5) is 11.6. The number of nitrogens with one attached hydrogen (secondary N) is 1. The standard InChI is InChI=1S/C14H22N2O2/c1-3-12-9-13(16-15-12)10-5-7-11(8-6-10)14(17)18-4-2/h9-11H,3-8H2,1-2H3,(H,15,16). The minimum Gasteiger partial charge on any atom is -0.466 e. The predicted molar refractivity (Wildman–Crippen MR) is 69.3 cm³/mol. The van der Waals surface area contributed by atoms with E-state index in [0.717, 1.165) is 37.8 Å². The number of ether oxygens (including phenoxy) is 1. The zero-order valence-electron chi connectivity index (χ0n) is 11.2. The van der Waals surface area contributed by atoms with Gasteiger partial charge in [0.25, 0.3) is 0 Å². The van der Waals surface area contributed by atoms with Crippen molar-refractivity contribution in [2.24, 2.45) is 5.92 Å². The Morgan fingerprint density at radius 3 is 2.67 bits per heavy atom. The van der Waals surface area contributed by atoms with Gasteiger partial charge >= 0.3 is 5.97 Å². The first-order chi connectivity index (χ1) is 8.74. The summed E-state index contributed by atoms with van der Waals surface area (Å²) >= 11 is 0. The molecule has 4 heteroatoms. The van der Waals surface area contributed by atoms with Gasteiger partial charge < -0.3 is 4.74 Å². The number of esters is 1. The van der Waals surface area contributed by atoms with E-state index in [4.69, 9.17) is 4.74 Å². The van der Waals surface area contributed by atoms with Crippen molar-refractivity contribution in [3.63, 3.8) is 0 Å². The minimum absolute atomic E-state index is 0.0211. The molecule has 0 atom stereocenters. The summed E-state index contributed by atoms with van der Waals surface area (Å²) in [6.07, 6.45) is 4.93. The maximum atomic E-state index is 11.6. The second kappa shape index (κ2) is 6.03. The Labute approximate surface area is 108 Å². The summed E-state index contributed by atoms with van der Waals surface area (Å²) in [5.74, 6) is 0.588. The van der Waals surface area contributed by atoms with Gasteiger partial charge in [0.05, 0.1) is 18.2 Å². The van der Waals surface area contributed by atoms with Crippen LogP contribution in [0.25, 0.3) is 0 Å². The molecule has 0 saturated heterocycles. The Morgan fingerprint density at radius 2 is 2.11 bits per heavy atom. The molecule has 0 aliphatic heterocycles. The van der Waals surface area contributed by atoms with E-state index in [9.17, 15) is 4.79 Å². The van der Waals surface area contributed by atoms with E-state index in [0.29, 0.717) is 12.5 Å². The molecule has 1 heterocycles. The first-order valence-electron chi connectivity index (χ1n) is 6.95. The van der Waals surface area contributed by atoms with Crippen molar-refractivity contribution in [1.82, 2.24) is 10.2 Å². The number of H-pyrrole nitrogens is 1. The molecule has 1 N–H and O–H groups in total. The second-order valence-electron chi connectivity index (χ2n) is 4.97. The smallest absolute Gasteiger partial charge is 0.308 e. The Kier molecular flexibility index (Phi) is 4.39. The molecule has 2 rings (SSSR count). The highest BCUT2D eigenvalue weighted by molar-refractivity contribution is 5.72. The third-order valence-electron chi connectivity index (χ3n) is 3.80. The van der Waals surface area contributed by atoms with Crippen molar-refractivity contribution in [3.8, 4) is 0 Å². The molecular formula is C14H22N2O2. The molecule has 1 aliphatic carbocycles. The SMILES string of the molecule is CCOC(=O)C1CCC(c2cc(CC)[nH]n2)CC1. The van der Waals surface area contributed by atoms with E-state index < -0.39 is 0 Å². The van der Waals surface area contributed by atoms with Crippen LogP contribution in [0, 0.1) is 5.92 Å². The number of hydrogen-bond donors (Lipinski definition) is 1. The lowest BCUT2D eigenvalue weighted by Gasteiger charge is -2.25.